The second-order valence-corrected chi connectivity index (χ2v) is 8.57. The maximum Gasteiger partial charge on any atom is 0.196 e. The molecule has 8 heteroatoms. The minimum atomic E-state index is -4.93. The molecule has 2 aliphatic rings. The Bertz CT molecular complexity index is 1100. The molecule has 146 valence electrons. The summed E-state index contributed by atoms with van der Waals surface area (Å²) in [6, 6.07) is 7.44. The van der Waals surface area contributed by atoms with Gasteiger partial charge in [0.1, 0.15) is 10.1 Å². The van der Waals surface area contributed by atoms with Crippen LogP contribution in [0.4, 0.5) is 11.4 Å². The monoisotopic (exact) mass is 399 g/mol. The van der Waals surface area contributed by atoms with Gasteiger partial charge >= 0.3 is 0 Å². The summed E-state index contributed by atoms with van der Waals surface area (Å²) in [5, 5.41) is 3.20. The maximum absolute atomic E-state index is 13.2. The molecule has 0 saturated heterocycles. The number of anilines is 2. The van der Waals surface area contributed by atoms with Crippen LogP contribution in [0, 0.1) is 0 Å². The van der Waals surface area contributed by atoms with Gasteiger partial charge in [-0.05, 0) is 18.9 Å². The summed E-state index contributed by atoms with van der Waals surface area (Å²) in [4.78, 5) is 25.5. The summed E-state index contributed by atoms with van der Waals surface area (Å²) in [5.41, 5.74) is 5.86. The van der Waals surface area contributed by atoms with Crippen LogP contribution in [0.3, 0.4) is 0 Å². The number of nitrogen functional groups attached to an aromatic ring is 1. The molecule has 0 spiro atoms. The standard InChI is InChI=1S/C20H20N2O5S/c21-18-15(28(25,26)27)10-14(22-11-6-2-1-3-7-11)16-17(18)20(24)13-9-5-4-8-12(13)19(16)23/h4-5,8-11,22H,1-3,6-7,21H2,(H,25,26,27)/p-1. The largest absolute Gasteiger partial charge is 0.744 e. The molecule has 0 heterocycles. The zero-order chi connectivity index (χ0) is 20.1. The van der Waals surface area contributed by atoms with Gasteiger partial charge in [0, 0.05) is 22.9 Å². The molecule has 4 rings (SSSR count). The van der Waals surface area contributed by atoms with Crippen molar-refractivity contribution >= 4 is 33.1 Å². The molecule has 0 radical (unpaired) electrons. The highest BCUT2D eigenvalue weighted by molar-refractivity contribution is 7.86. The minimum Gasteiger partial charge on any atom is -0.744 e. The first-order chi connectivity index (χ1) is 13.3. The molecule has 2 aromatic carbocycles. The van der Waals surface area contributed by atoms with Crippen molar-refractivity contribution in [3.8, 4) is 0 Å². The van der Waals surface area contributed by atoms with E-state index in [0.29, 0.717) is 0 Å². The first-order valence-corrected chi connectivity index (χ1v) is 10.6. The molecule has 1 saturated carbocycles. The smallest absolute Gasteiger partial charge is 0.196 e. The highest BCUT2D eigenvalue weighted by Crippen LogP contribution is 2.39. The van der Waals surface area contributed by atoms with E-state index in [0.717, 1.165) is 38.2 Å². The normalized spacial score (nSPS) is 17.2. The molecular weight excluding hydrogens is 380 g/mol. The number of rotatable bonds is 3. The van der Waals surface area contributed by atoms with E-state index in [2.05, 4.69) is 5.32 Å². The SMILES string of the molecule is Nc1c(S(=O)(=O)[O-])cc(NC2CCCCC2)c2c1C(=O)c1ccccc1C2=O. The Morgan fingerprint density at radius 1 is 0.964 bits per heavy atom. The fraction of sp³-hybridized carbons (Fsp3) is 0.300. The quantitative estimate of drug-likeness (QED) is 0.511. The molecule has 0 amide bonds. The predicted octanol–water partition coefficient (Wildman–Crippen LogP) is 2.69. The molecular formula is C20H19N2O5S-. The van der Waals surface area contributed by atoms with Crippen molar-refractivity contribution in [2.24, 2.45) is 0 Å². The van der Waals surface area contributed by atoms with E-state index in [1.165, 1.54) is 6.07 Å². The van der Waals surface area contributed by atoms with Crippen LogP contribution < -0.4 is 11.1 Å². The van der Waals surface area contributed by atoms with E-state index < -0.39 is 32.3 Å². The van der Waals surface area contributed by atoms with E-state index in [4.69, 9.17) is 5.73 Å². The Balaban J connectivity index is 1.96. The number of hydrogen-bond acceptors (Lipinski definition) is 7. The number of fused-ring (bicyclic) bond motifs is 2. The number of hydrogen-bond donors (Lipinski definition) is 2. The lowest BCUT2D eigenvalue weighted by molar-refractivity contribution is 0.0980. The fourth-order valence-corrected chi connectivity index (χ4v) is 4.71. The van der Waals surface area contributed by atoms with Crippen molar-refractivity contribution in [2.45, 2.75) is 43.0 Å². The van der Waals surface area contributed by atoms with Crippen molar-refractivity contribution < 1.29 is 22.6 Å². The van der Waals surface area contributed by atoms with Gasteiger partial charge < -0.3 is 15.6 Å². The molecule has 2 aliphatic carbocycles. The van der Waals surface area contributed by atoms with E-state index in [9.17, 15) is 22.6 Å². The van der Waals surface area contributed by atoms with E-state index in [1.807, 2.05) is 0 Å². The van der Waals surface area contributed by atoms with Crippen LogP contribution in [0.25, 0.3) is 0 Å². The number of carbonyl (C=O) groups is 2. The van der Waals surface area contributed by atoms with Gasteiger partial charge in [0.25, 0.3) is 0 Å². The lowest BCUT2D eigenvalue weighted by Crippen LogP contribution is -2.28. The second-order valence-electron chi connectivity index (χ2n) is 7.22. The van der Waals surface area contributed by atoms with Gasteiger partial charge in [-0.25, -0.2) is 8.42 Å². The first-order valence-electron chi connectivity index (χ1n) is 9.16. The Kier molecular flexibility index (Phi) is 4.47. The topological polar surface area (TPSA) is 129 Å². The molecule has 0 aromatic heterocycles. The first kappa shape index (κ1) is 18.6. The number of nitrogens with one attached hydrogen (secondary N) is 1. The van der Waals surface area contributed by atoms with Crippen LogP contribution in [-0.2, 0) is 10.1 Å². The summed E-state index contributed by atoms with van der Waals surface area (Å²) in [6.45, 7) is 0. The predicted molar refractivity (Wildman–Crippen MR) is 103 cm³/mol. The van der Waals surface area contributed by atoms with Crippen molar-refractivity contribution in [1.82, 2.24) is 0 Å². The van der Waals surface area contributed by atoms with Gasteiger partial charge in [0.2, 0.25) is 0 Å². The van der Waals surface area contributed by atoms with E-state index >= 15 is 0 Å². The Hall–Kier alpha value is -2.71. The highest BCUT2D eigenvalue weighted by Gasteiger charge is 2.35. The number of carbonyl (C=O) groups excluding carboxylic acids is 2. The summed E-state index contributed by atoms with van der Waals surface area (Å²) >= 11 is 0. The molecule has 0 bridgehead atoms. The number of benzene rings is 2. The van der Waals surface area contributed by atoms with Crippen molar-refractivity contribution in [3.05, 3.63) is 52.6 Å². The van der Waals surface area contributed by atoms with E-state index in [1.54, 1.807) is 18.2 Å². The summed E-state index contributed by atoms with van der Waals surface area (Å²) < 4.78 is 35.3. The molecule has 2 aromatic rings. The Morgan fingerprint density at radius 3 is 2.11 bits per heavy atom. The Labute approximate surface area is 162 Å². The maximum atomic E-state index is 13.2. The highest BCUT2D eigenvalue weighted by atomic mass is 32.2. The minimum absolute atomic E-state index is 0.0313. The number of ketones is 2. The van der Waals surface area contributed by atoms with Crippen molar-refractivity contribution in [2.75, 3.05) is 11.1 Å². The average Bonchev–Trinajstić information content (AvgIpc) is 2.67. The third kappa shape index (κ3) is 2.98. The summed E-state index contributed by atoms with van der Waals surface area (Å²) in [7, 11) is -4.93. The third-order valence-corrected chi connectivity index (χ3v) is 6.31. The molecule has 0 unspecified atom stereocenters. The molecule has 7 nitrogen and oxygen atoms in total. The van der Waals surface area contributed by atoms with Crippen molar-refractivity contribution in [3.63, 3.8) is 0 Å². The molecule has 28 heavy (non-hydrogen) atoms. The van der Waals surface area contributed by atoms with Crippen LogP contribution >= 0.6 is 0 Å². The summed E-state index contributed by atoms with van der Waals surface area (Å²) in [6.07, 6.45) is 4.85. The average molecular weight is 399 g/mol. The van der Waals surface area contributed by atoms with Gasteiger partial charge in [-0.1, -0.05) is 43.5 Å². The van der Waals surface area contributed by atoms with Crippen LogP contribution in [0.15, 0.2) is 35.2 Å². The zero-order valence-corrected chi connectivity index (χ0v) is 15.8. The van der Waals surface area contributed by atoms with Crippen molar-refractivity contribution in [1.29, 1.82) is 0 Å². The zero-order valence-electron chi connectivity index (χ0n) is 15.0. The Morgan fingerprint density at radius 2 is 1.54 bits per heavy atom. The lowest BCUT2D eigenvalue weighted by Gasteiger charge is -2.29. The molecule has 1 fully saturated rings. The molecule has 0 atom stereocenters. The van der Waals surface area contributed by atoms with Gasteiger partial charge in [0.05, 0.1) is 21.7 Å². The second kappa shape index (κ2) is 6.72. The number of nitrogens with two attached hydrogens (primary N) is 1. The van der Waals surface area contributed by atoms with Gasteiger partial charge in [-0.15, -0.1) is 0 Å². The van der Waals surface area contributed by atoms with Crippen LogP contribution in [0.2, 0.25) is 0 Å². The van der Waals surface area contributed by atoms with Crippen LogP contribution in [-0.4, -0.2) is 30.6 Å². The van der Waals surface area contributed by atoms with Crippen LogP contribution in [0.1, 0.15) is 63.9 Å². The van der Waals surface area contributed by atoms with Crippen LogP contribution in [0.5, 0.6) is 0 Å². The van der Waals surface area contributed by atoms with Gasteiger partial charge in [0.15, 0.2) is 11.6 Å². The fourth-order valence-electron chi connectivity index (χ4n) is 4.08. The van der Waals surface area contributed by atoms with Gasteiger partial charge in [-0.2, -0.15) is 0 Å². The third-order valence-electron chi connectivity index (χ3n) is 5.43. The summed E-state index contributed by atoms with van der Waals surface area (Å²) in [5.74, 6) is -0.968. The lowest BCUT2D eigenvalue weighted by atomic mass is 9.82. The molecule has 0 aliphatic heterocycles. The van der Waals surface area contributed by atoms with Gasteiger partial charge in [-0.3, -0.25) is 9.59 Å². The molecule has 3 N–H and O–H groups in total. The van der Waals surface area contributed by atoms with E-state index in [-0.39, 0.29) is 34.0 Å².